The Morgan fingerprint density at radius 3 is 1.23 bits per heavy atom. The number of aromatic nitrogens is 9. The number of anilines is 3. The number of benzene rings is 9. The second kappa shape index (κ2) is 43.1. The maximum absolute atomic E-state index is 15.6. The van der Waals surface area contributed by atoms with E-state index in [1.807, 2.05) is 13.8 Å². The second-order valence-corrected chi connectivity index (χ2v) is 34.2. The van der Waals surface area contributed by atoms with Gasteiger partial charge in [-0.15, -0.1) is 0 Å². The van der Waals surface area contributed by atoms with Gasteiger partial charge in [0.2, 0.25) is 23.1 Å². The number of halogens is 6. The minimum Gasteiger partial charge on any atom is -0.493 e. The van der Waals surface area contributed by atoms with Crippen LogP contribution in [-0.4, -0.2) is 177 Å². The van der Waals surface area contributed by atoms with E-state index in [9.17, 15) is 51.5 Å². The first-order chi connectivity index (χ1) is 70.2. The molecule has 0 bridgehead atoms. The molecule has 0 radical (unpaired) electrons. The maximum atomic E-state index is 15.6. The van der Waals surface area contributed by atoms with Gasteiger partial charge in [-0.1, -0.05) is 13.8 Å². The van der Waals surface area contributed by atoms with Gasteiger partial charge in [0.25, 0.3) is 34.4 Å². The van der Waals surface area contributed by atoms with E-state index in [1.54, 1.807) is 49.5 Å². The molecule has 20 rings (SSSR count). The minimum atomic E-state index is -0.912. The van der Waals surface area contributed by atoms with Gasteiger partial charge >= 0.3 is 11.4 Å². The third kappa shape index (κ3) is 21.5. The Hall–Kier alpha value is -17.2. The lowest BCUT2D eigenvalue weighted by Gasteiger charge is -2.32. The van der Waals surface area contributed by atoms with Crippen molar-refractivity contribution in [3.63, 3.8) is 0 Å². The largest absolute Gasteiger partial charge is 0.493 e. The summed E-state index contributed by atoms with van der Waals surface area (Å²) in [4.78, 5) is 129. The van der Waals surface area contributed by atoms with Crippen LogP contribution in [0.15, 0.2) is 225 Å². The Labute approximate surface area is 820 Å². The third-order valence-electron chi connectivity index (χ3n) is 23.7. The highest BCUT2D eigenvalue weighted by Gasteiger charge is 2.33. The van der Waals surface area contributed by atoms with Crippen LogP contribution in [-0.2, 0) is 13.1 Å². The fourth-order valence-electron chi connectivity index (χ4n) is 16.5. The summed E-state index contributed by atoms with van der Waals surface area (Å²) in [6, 6.07) is 35.9. The summed E-state index contributed by atoms with van der Waals surface area (Å²) >= 11 is 0. The summed E-state index contributed by atoms with van der Waals surface area (Å²) in [6.45, 7) is 13.5. The smallest absolute Gasteiger partial charge is 0.335 e. The topological polar surface area (TPSA) is 375 Å². The summed E-state index contributed by atoms with van der Waals surface area (Å²) < 4.78 is 168. The molecule has 10 heterocycles. The molecule has 5 aliphatic rings. The van der Waals surface area contributed by atoms with Crippen LogP contribution in [0.3, 0.4) is 0 Å². The third-order valence-corrected chi connectivity index (χ3v) is 23.7. The van der Waals surface area contributed by atoms with Crippen molar-refractivity contribution in [2.24, 2.45) is 11.8 Å². The zero-order chi connectivity index (χ0) is 101. The van der Waals surface area contributed by atoms with Crippen molar-refractivity contribution in [1.82, 2.24) is 52.6 Å². The van der Waals surface area contributed by atoms with E-state index in [2.05, 4.69) is 52.7 Å². The van der Waals surface area contributed by atoms with E-state index in [4.69, 9.17) is 61.6 Å². The van der Waals surface area contributed by atoms with Crippen molar-refractivity contribution in [3.8, 4) is 109 Å². The number of carbonyl (C=O) groups is 3. The number of piperazine rings is 1. The zero-order valence-electron chi connectivity index (χ0n) is 78.7. The van der Waals surface area contributed by atoms with E-state index < -0.39 is 86.2 Å². The molecule has 1 saturated carbocycles. The van der Waals surface area contributed by atoms with E-state index in [1.165, 1.54) is 139 Å². The molecule has 0 unspecified atom stereocenters. The Kier molecular flexibility index (Phi) is 29.1. The summed E-state index contributed by atoms with van der Waals surface area (Å²) in [5, 5.41) is 9.01. The maximum Gasteiger partial charge on any atom is 0.335 e. The van der Waals surface area contributed by atoms with E-state index in [0.717, 1.165) is 108 Å². The number of hydrogen-bond donors (Lipinski definition) is 3. The van der Waals surface area contributed by atoms with Crippen LogP contribution in [0.5, 0.6) is 92.1 Å². The normalized spacial score (nSPS) is 13.6. The minimum absolute atomic E-state index is 0.00134. The molecule has 0 spiro atoms. The monoisotopic (exact) mass is 1990 g/mol. The highest BCUT2D eigenvalue weighted by Crippen LogP contribution is 2.52. The summed E-state index contributed by atoms with van der Waals surface area (Å²) in [7, 11) is 5.13. The van der Waals surface area contributed by atoms with Crippen LogP contribution >= 0.6 is 0 Å². The van der Waals surface area contributed by atoms with Crippen molar-refractivity contribution in [3.05, 3.63) is 305 Å². The Bertz CT molecular complexity index is 7540. The van der Waals surface area contributed by atoms with Crippen LogP contribution in [0.2, 0.25) is 0 Å². The average Bonchev–Trinajstić information content (AvgIpc) is 1.59. The van der Waals surface area contributed by atoms with Crippen LogP contribution in [0.25, 0.3) is 49.8 Å². The Balaban J connectivity index is 0.000000143. The van der Waals surface area contributed by atoms with Gasteiger partial charge in [0.15, 0.2) is 74.8 Å². The van der Waals surface area contributed by atoms with Gasteiger partial charge in [-0.3, -0.25) is 57.4 Å². The molecule has 15 aromatic rings. The number of methoxy groups -OCH3 is 2. The molecule has 1 aliphatic carbocycles. The lowest BCUT2D eigenvalue weighted by Crippen LogP contribution is -2.44. The molecule has 41 heteroatoms. The van der Waals surface area contributed by atoms with Gasteiger partial charge in [-0.2, -0.15) is 0 Å². The highest BCUT2D eigenvalue weighted by atomic mass is 19.1. The fraction of sp³-hybridized carbons (Fsp3) is 0.250. The van der Waals surface area contributed by atoms with Gasteiger partial charge in [0.05, 0.1) is 77.2 Å². The van der Waals surface area contributed by atoms with Crippen molar-refractivity contribution in [2.75, 3.05) is 123 Å². The number of amides is 3. The van der Waals surface area contributed by atoms with Gasteiger partial charge in [0, 0.05) is 130 Å². The average molecular weight is 1990 g/mol. The van der Waals surface area contributed by atoms with Crippen LogP contribution < -0.4 is 106 Å². The van der Waals surface area contributed by atoms with E-state index in [0.29, 0.717) is 131 Å². The first kappa shape index (κ1) is 98.0. The van der Waals surface area contributed by atoms with Crippen LogP contribution in [0.4, 0.5) is 43.4 Å². The summed E-state index contributed by atoms with van der Waals surface area (Å²) in [5.41, 5.74) is -2.92. The molecule has 6 aromatic heterocycles. The number of fused-ring (bicyclic) bond motifs is 9. The molecule has 9 aromatic carbocycles. The highest BCUT2D eigenvalue weighted by molar-refractivity contribution is 6.07. The van der Waals surface area contributed by atoms with Crippen molar-refractivity contribution < 1.29 is 102 Å². The fourth-order valence-corrected chi connectivity index (χ4v) is 16.5. The first-order valence-electron chi connectivity index (χ1n) is 46.1. The van der Waals surface area contributed by atoms with E-state index >= 15 is 13.2 Å². The number of pyridine rings is 3. The molecule has 1 saturated heterocycles. The number of nitrogens with zero attached hydrogens (tertiary/aromatic N) is 11. The summed E-state index contributed by atoms with van der Waals surface area (Å²) in [6.07, 6.45) is 10.8. The molecular formula is C104H92F6N14O21. The predicted molar refractivity (Wildman–Crippen MR) is 520 cm³/mol. The van der Waals surface area contributed by atoms with Gasteiger partial charge in [-0.25, -0.2) is 50.0 Å². The number of likely N-dealkylation sites (N-methyl/N-ethyl adjacent to an activating group) is 1. The number of nitrogens with one attached hydrogen (secondary N) is 3. The lowest BCUT2D eigenvalue weighted by molar-refractivity contribution is 0.101. The van der Waals surface area contributed by atoms with Crippen LogP contribution in [0, 0.1) is 46.7 Å². The molecule has 746 valence electrons. The molecule has 3 N–H and O–H groups in total. The molecule has 35 nitrogen and oxygen atoms in total. The second-order valence-electron chi connectivity index (χ2n) is 34.2. The lowest BCUT2D eigenvalue weighted by atomic mass is 10.1. The van der Waals surface area contributed by atoms with Crippen molar-refractivity contribution in [1.29, 1.82) is 0 Å². The molecule has 3 amide bonds. The zero-order valence-corrected chi connectivity index (χ0v) is 78.7. The van der Waals surface area contributed by atoms with Crippen molar-refractivity contribution in [2.45, 2.75) is 53.1 Å². The van der Waals surface area contributed by atoms with Crippen molar-refractivity contribution >= 4 is 67.5 Å². The number of ether oxygens (including phenoxy) is 13. The molecule has 145 heavy (non-hydrogen) atoms. The predicted octanol–water partition coefficient (Wildman–Crippen LogP) is 15.7. The SMILES string of the molecule is CCOc1ncn(-c2ccc(F)cc2)c(=O)c1C(=O)Nc1ccc(Oc2ccnc3cc(OCCCN4CCN(C)CC4)c4c(c23)OCCO4)c(F)c1.COc1cc2nccc(Oc3ccc(NC(=O)c4cn(CC(C)C)c(=O)n(-c5ccc(F)cc5)c4=O)cc3F)c2c2c1OCCO2.COc1cc2nccc(Oc3ccc(NC(=O)c4cn(CC5CC5)c(=O)n(-c5ccc(F)cc5)c4=O)cc3F)c2c2c1OCCO2. The quantitative estimate of drug-likeness (QED) is 0.0303. The summed E-state index contributed by atoms with van der Waals surface area (Å²) in [5.74, 6) is -2.53. The standard InChI is InChI=1S/C38H38F2N6O7.C33H26F2N4O7.C33H28F2N4O7/c1-3-49-37-33(38(48)46(23-42-37)26-8-5-24(39)6-9-26)36(47)43-25-7-10-29(27(40)21-25)53-30-11-12-41-28-22-31(34-35(32(28)30)52-20-19-51-34)50-18-4-13-45-16-14-44(2)15-17-45;1-43-27-15-24-28(30-29(27)44-12-13-45-30)26(10-11-36-24)46-25-9-6-20(14-23(25)35)37-31(40)22-17-38(16-18-2-3-18)33(42)39(32(22)41)21-7-4-19(34)5-8-21;1-18(2)16-38-17-22(32(41)39(33(38)42)21-7-4-19(34)5-8-21)31(40)37-20-6-9-25(23(35)14-20)46-26-10-11-36-24-15-27(43-3)29-30(28(24)26)45-13-12-44-29/h5-12,21-23H,3-4,13-20H2,1-2H3,(H,43,47);4-11,14-15,17-18H,2-3,12-13,16H2,1H3,(H,37,40);4-11,14-15,17-18H,12-13,16H2,1-3H3,(H,37,40). The molecule has 2 fully saturated rings. The number of rotatable bonds is 28. The molecule has 0 atom stereocenters. The van der Waals surface area contributed by atoms with E-state index in [-0.39, 0.29) is 117 Å². The van der Waals surface area contributed by atoms with Gasteiger partial charge in [-0.05, 0) is 172 Å². The Morgan fingerprint density at radius 1 is 0.434 bits per heavy atom. The van der Waals surface area contributed by atoms with Gasteiger partial charge in [0.1, 0.15) is 91.8 Å². The van der Waals surface area contributed by atoms with Gasteiger partial charge < -0.3 is 87.3 Å². The number of hydrogen-bond acceptors (Lipinski definition) is 27. The first-order valence-corrected chi connectivity index (χ1v) is 46.1. The van der Waals surface area contributed by atoms with Crippen LogP contribution in [0.1, 0.15) is 71.1 Å². The molecule has 4 aliphatic heterocycles. The Morgan fingerprint density at radius 2 is 0.828 bits per heavy atom. The molecular weight excluding hydrogens is 1900 g/mol. The number of carbonyl (C=O) groups excluding carboxylic acids is 3.